The van der Waals surface area contributed by atoms with E-state index in [0.717, 1.165) is 29.3 Å². The number of hydrogen-bond acceptors (Lipinski definition) is 4. The zero-order valence-electron chi connectivity index (χ0n) is 12.5. The van der Waals surface area contributed by atoms with Gasteiger partial charge in [0.2, 0.25) is 0 Å². The normalized spacial score (nSPS) is 16.3. The van der Waals surface area contributed by atoms with E-state index in [0.29, 0.717) is 5.84 Å². The summed E-state index contributed by atoms with van der Waals surface area (Å²) in [6.07, 6.45) is 2.05. The van der Waals surface area contributed by atoms with Crippen molar-refractivity contribution in [2.24, 2.45) is 16.8 Å². The molecule has 0 heterocycles. The van der Waals surface area contributed by atoms with Crippen molar-refractivity contribution < 1.29 is 9.63 Å². The van der Waals surface area contributed by atoms with E-state index in [1.807, 2.05) is 42.5 Å². The van der Waals surface area contributed by atoms with Crippen LogP contribution in [0.4, 0.5) is 5.69 Å². The van der Waals surface area contributed by atoms with Crippen LogP contribution < -0.4 is 11.1 Å². The lowest BCUT2D eigenvalue weighted by Crippen LogP contribution is -2.28. The second kappa shape index (κ2) is 6.05. The number of oxime groups is 1. The summed E-state index contributed by atoms with van der Waals surface area (Å²) in [5.74, 6) is 0.250. The van der Waals surface area contributed by atoms with Crippen LogP contribution in [0.15, 0.2) is 47.6 Å². The van der Waals surface area contributed by atoms with Crippen LogP contribution >= 0.6 is 0 Å². The van der Waals surface area contributed by atoms with Gasteiger partial charge in [-0.2, -0.15) is 0 Å². The monoisotopic (exact) mass is 297 g/mol. The molecule has 0 bridgehead atoms. The summed E-state index contributed by atoms with van der Waals surface area (Å²) in [7, 11) is 0. The predicted molar refractivity (Wildman–Crippen MR) is 87.5 cm³/mol. The van der Waals surface area contributed by atoms with Crippen LogP contribution in [-0.2, 0) is 9.63 Å². The van der Waals surface area contributed by atoms with Gasteiger partial charge in [-0.3, -0.25) is 0 Å². The number of nitrogens with two attached hydrogens (primary N) is 1. The molecule has 114 valence electrons. The Morgan fingerprint density at radius 1 is 1.27 bits per heavy atom. The van der Waals surface area contributed by atoms with E-state index in [4.69, 9.17) is 10.6 Å². The van der Waals surface area contributed by atoms with E-state index in [1.165, 1.54) is 0 Å². The van der Waals surface area contributed by atoms with E-state index >= 15 is 0 Å². The summed E-state index contributed by atoms with van der Waals surface area (Å²) in [6, 6.07) is 13.5. The number of rotatable bonds is 5. The fraction of sp³-hybridized carbons (Fsp3) is 0.294. The number of fused-ring (bicyclic) bond motifs is 1. The van der Waals surface area contributed by atoms with E-state index in [1.54, 1.807) is 6.92 Å². The van der Waals surface area contributed by atoms with Gasteiger partial charge in [-0.1, -0.05) is 35.5 Å². The van der Waals surface area contributed by atoms with Gasteiger partial charge in [0.15, 0.2) is 0 Å². The number of nitrogens with one attached hydrogen (secondary N) is 1. The van der Waals surface area contributed by atoms with Crippen molar-refractivity contribution >= 4 is 28.3 Å². The molecule has 0 aliphatic heterocycles. The lowest BCUT2D eigenvalue weighted by Gasteiger charge is -2.13. The zero-order chi connectivity index (χ0) is 15.5. The summed E-state index contributed by atoms with van der Waals surface area (Å²) in [5.41, 5.74) is 6.56. The molecule has 0 radical (unpaired) electrons. The molecule has 3 N–H and O–H groups in total. The maximum absolute atomic E-state index is 11.9. The molecule has 1 unspecified atom stereocenters. The smallest absolute Gasteiger partial charge is 0.356 e. The van der Waals surface area contributed by atoms with Gasteiger partial charge in [0.1, 0.15) is 11.9 Å². The number of hydrogen-bond donors (Lipinski definition) is 2. The van der Waals surface area contributed by atoms with Crippen LogP contribution in [0.5, 0.6) is 0 Å². The average molecular weight is 297 g/mol. The topological polar surface area (TPSA) is 76.7 Å². The van der Waals surface area contributed by atoms with E-state index in [2.05, 4.69) is 10.5 Å². The van der Waals surface area contributed by atoms with Gasteiger partial charge >= 0.3 is 5.97 Å². The van der Waals surface area contributed by atoms with Crippen LogP contribution in [0.1, 0.15) is 19.8 Å². The van der Waals surface area contributed by atoms with Gasteiger partial charge in [-0.05, 0) is 42.7 Å². The Labute approximate surface area is 129 Å². The fourth-order valence-electron chi connectivity index (χ4n) is 2.22. The molecular formula is C17H19N3O2. The first-order valence-corrected chi connectivity index (χ1v) is 7.43. The maximum atomic E-state index is 11.9. The standard InChI is InChI=1S/C17H19N3O2/c1-11(17(21)22-20-16(18)13-6-7-13)19-15-9-8-12-4-2-3-5-14(12)10-15/h2-5,8-11,13,19H,6-7H2,1H3,(H2,18,20). The Morgan fingerprint density at radius 2 is 2.00 bits per heavy atom. The third-order valence-corrected chi connectivity index (χ3v) is 3.72. The molecule has 1 aliphatic carbocycles. The molecule has 1 saturated carbocycles. The molecule has 5 heteroatoms. The van der Waals surface area contributed by atoms with Gasteiger partial charge in [0.25, 0.3) is 0 Å². The highest BCUT2D eigenvalue weighted by molar-refractivity contribution is 5.88. The summed E-state index contributed by atoms with van der Waals surface area (Å²) >= 11 is 0. The molecule has 0 amide bonds. The second-order valence-corrected chi connectivity index (χ2v) is 5.63. The molecule has 2 aromatic rings. The Kier molecular flexibility index (Phi) is 3.96. The quantitative estimate of drug-likeness (QED) is 0.385. The molecule has 2 aromatic carbocycles. The Bertz CT molecular complexity index is 723. The first kappa shape index (κ1) is 14.4. The Hall–Kier alpha value is -2.56. The van der Waals surface area contributed by atoms with Crippen molar-refractivity contribution in [3.8, 4) is 0 Å². The van der Waals surface area contributed by atoms with Crippen molar-refractivity contribution in [3.05, 3.63) is 42.5 Å². The van der Waals surface area contributed by atoms with E-state index < -0.39 is 12.0 Å². The molecule has 0 saturated heterocycles. The third kappa shape index (κ3) is 3.36. The molecule has 5 nitrogen and oxygen atoms in total. The van der Waals surface area contributed by atoms with Gasteiger partial charge < -0.3 is 15.9 Å². The van der Waals surface area contributed by atoms with Crippen molar-refractivity contribution in [1.82, 2.24) is 0 Å². The van der Waals surface area contributed by atoms with Gasteiger partial charge in [-0.25, -0.2) is 4.79 Å². The lowest BCUT2D eigenvalue weighted by atomic mass is 10.1. The van der Waals surface area contributed by atoms with Crippen LogP contribution in [0.25, 0.3) is 10.8 Å². The molecule has 0 aromatic heterocycles. The zero-order valence-corrected chi connectivity index (χ0v) is 12.5. The minimum atomic E-state index is -0.503. The van der Waals surface area contributed by atoms with Gasteiger partial charge in [0.05, 0.1) is 0 Å². The van der Waals surface area contributed by atoms with Crippen molar-refractivity contribution in [2.75, 3.05) is 5.32 Å². The first-order valence-electron chi connectivity index (χ1n) is 7.43. The molecule has 22 heavy (non-hydrogen) atoms. The predicted octanol–water partition coefficient (Wildman–Crippen LogP) is 2.87. The second-order valence-electron chi connectivity index (χ2n) is 5.63. The fourth-order valence-corrected chi connectivity index (χ4v) is 2.22. The molecule has 1 aliphatic rings. The van der Waals surface area contributed by atoms with Crippen LogP contribution in [0.2, 0.25) is 0 Å². The maximum Gasteiger partial charge on any atom is 0.356 e. The number of anilines is 1. The highest BCUT2D eigenvalue weighted by Crippen LogP contribution is 2.28. The van der Waals surface area contributed by atoms with Crippen molar-refractivity contribution in [3.63, 3.8) is 0 Å². The van der Waals surface area contributed by atoms with E-state index in [9.17, 15) is 4.79 Å². The number of amidine groups is 1. The summed E-state index contributed by atoms with van der Waals surface area (Å²) in [4.78, 5) is 16.8. The summed E-state index contributed by atoms with van der Waals surface area (Å²) in [6.45, 7) is 1.74. The number of benzene rings is 2. The highest BCUT2D eigenvalue weighted by atomic mass is 16.7. The number of carbonyl (C=O) groups is 1. The largest absolute Gasteiger partial charge is 0.384 e. The SMILES string of the molecule is CC(Nc1ccc2ccccc2c1)C(=O)O/N=C(/N)C1CC1. The molecule has 3 rings (SSSR count). The Morgan fingerprint density at radius 3 is 2.73 bits per heavy atom. The van der Waals surface area contributed by atoms with Gasteiger partial charge in [-0.15, -0.1) is 0 Å². The third-order valence-electron chi connectivity index (χ3n) is 3.72. The van der Waals surface area contributed by atoms with Crippen molar-refractivity contribution in [2.45, 2.75) is 25.8 Å². The lowest BCUT2D eigenvalue weighted by molar-refractivity contribution is -0.144. The van der Waals surface area contributed by atoms with Crippen LogP contribution in [0.3, 0.4) is 0 Å². The number of carbonyl (C=O) groups excluding carboxylic acids is 1. The van der Waals surface area contributed by atoms with Crippen LogP contribution in [-0.4, -0.2) is 17.8 Å². The summed E-state index contributed by atoms with van der Waals surface area (Å²) in [5, 5.41) is 9.09. The van der Waals surface area contributed by atoms with Gasteiger partial charge in [0, 0.05) is 11.6 Å². The molecule has 1 atom stereocenters. The van der Waals surface area contributed by atoms with Crippen LogP contribution in [0, 0.1) is 5.92 Å². The molecule has 1 fully saturated rings. The summed E-state index contributed by atoms with van der Waals surface area (Å²) < 4.78 is 0. The first-order chi connectivity index (χ1) is 10.6. The molecule has 0 spiro atoms. The Balaban J connectivity index is 1.62. The molecular weight excluding hydrogens is 278 g/mol. The van der Waals surface area contributed by atoms with E-state index in [-0.39, 0.29) is 5.92 Å². The minimum Gasteiger partial charge on any atom is -0.384 e. The number of nitrogens with zero attached hydrogens (tertiary/aromatic N) is 1. The minimum absolute atomic E-state index is 0.288. The highest BCUT2D eigenvalue weighted by Gasteiger charge is 2.26. The van der Waals surface area contributed by atoms with Crippen molar-refractivity contribution in [1.29, 1.82) is 0 Å². The average Bonchev–Trinajstić information content (AvgIpc) is 3.37.